The molecule has 0 spiro atoms. The minimum Gasteiger partial charge on any atom is -0.461 e. The van der Waals surface area contributed by atoms with Gasteiger partial charge in [0.25, 0.3) is 0 Å². The van der Waals surface area contributed by atoms with Crippen LogP contribution in [-0.2, 0) is 11.2 Å². The normalized spacial score (nSPS) is 12.0. The van der Waals surface area contributed by atoms with Crippen LogP contribution in [0.5, 0.6) is 0 Å². The van der Waals surface area contributed by atoms with Crippen molar-refractivity contribution >= 4 is 22.4 Å². The van der Waals surface area contributed by atoms with E-state index < -0.39 is 5.97 Å². The van der Waals surface area contributed by atoms with Crippen LogP contribution in [0.3, 0.4) is 0 Å². The third-order valence-electron chi connectivity index (χ3n) is 2.81. The summed E-state index contributed by atoms with van der Waals surface area (Å²) in [4.78, 5) is 15.7. The van der Waals surface area contributed by atoms with E-state index in [-0.39, 0.29) is 11.9 Å². The molecule has 0 aliphatic carbocycles. The second-order valence-corrected chi connectivity index (χ2v) is 5.49. The predicted molar refractivity (Wildman–Crippen MR) is 81.3 cm³/mol. The SMILES string of the molecule is CCOC(=O)c1csc(NC(C)Cc2ccc(F)cc2)n1. The molecule has 0 bridgehead atoms. The van der Waals surface area contributed by atoms with Crippen molar-refractivity contribution in [2.45, 2.75) is 26.3 Å². The number of carbonyl (C=O) groups excluding carboxylic acids is 1. The van der Waals surface area contributed by atoms with E-state index in [4.69, 9.17) is 4.74 Å². The molecule has 1 aromatic carbocycles. The maximum absolute atomic E-state index is 12.8. The Morgan fingerprint density at radius 2 is 2.14 bits per heavy atom. The molecular weight excluding hydrogens is 291 g/mol. The van der Waals surface area contributed by atoms with Gasteiger partial charge in [-0.25, -0.2) is 14.2 Å². The highest BCUT2D eigenvalue weighted by molar-refractivity contribution is 7.13. The number of hydrogen-bond donors (Lipinski definition) is 1. The lowest BCUT2D eigenvalue weighted by Crippen LogP contribution is -2.18. The first-order chi connectivity index (χ1) is 10.1. The van der Waals surface area contributed by atoms with E-state index in [0.29, 0.717) is 17.4 Å². The van der Waals surface area contributed by atoms with E-state index in [2.05, 4.69) is 10.3 Å². The molecule has 1 unspecified atom stereocenters. The van der Waals surface area contributed by atoms with Crippen LogP contribution in [0.2, 0.25) is 0 Å². The van der Waals surface area contributed by atoms with Crippen molar-refractivity contribution in [2.75, 3.05) is 11.9 Å². The summed E-state index contributed by atoms with van der Waals surface area (Å²) in [7, 11) is 0. The Morgan fingerprint density at radius 1 is 1.43 bits per heavy atom. The minimum atomic E-state index is -0.409. The second-order valence-electron chi connectivity index (χ2n) is 4.63. The summed E-state index contributed by atoms with van der Waals surface area (Å²) in [6.45, 7) is 4.10. The van der Waals surface area contributed by atoms with E-state index in [9.17, 15) is 9.18 Å². The quantitative estimate of drug-likeness (QED) is 0.830. The van der Waals surface area contributed by atoms with Crippen LogP contribution in [-0.4, -0.2) is 23.6 Å². The molecule has 0 aliphatic heterocycles. The predicted octanol–water partition coefficient (Wildman–Crippen LogP) is 3.50. The van der Waals surface area contributed by atoms with E-state index in [1.54, 1.807) is 24.4 Å². The van der Waals surface area contributed by atoms with Crippen molar-refractivity contribution < 1.29 is 13.9 Å². The highest BCUT2D eigenvalue weighted by Crippen LogP contribution is 2.18. The van der Waals surface area contributed by atoms with Crippen LogP contribution in [0.1, 0.15) is 29.9 Å². The van der Waals surface area contributed by atoms with Gasteiger partial charge in [-0.05, 0) is 38.0 Å². The van der Waals surface area contributed by atoms with E-state index >= 15 is 0 Å². The first kappa shape index (κ1) is 15.4. The summed E-state index contributed by atoms with van der Waals surface area (Å²) < 4.78 is 17.7. The fraction of sp³-hybridized carbons (Fsp3) is 0.333. The number of thiazole rings is 1. The molecule has 6 heteroatoms. The summed E-state index contributed by atoms with van der Waals surface area (Å²) in [5, 5.41) is 5.57. The third kappa shape index (κ3) is 4.53. The van der Waals surface area contributed by atoms with Crippen LogP contribution in [0, 0.1) is 5.82 Å². The van der Waals surface area contributed by atoms with Gasteiger partial charge in [-0.2, -0.15) is 0 Å². The van der Waals surface area contributed by atoms with Gasteiger partial charge in [-0.1, -0.05) is 12.1 Å². The highest BCUT2D eigenvalue weighted by Gasteiger charge is 2.13. The molecule has 0 aliphatic rings. The zero-order valence-corrected chi connectivity index (χ0v) is 12.7. The number of nitrogens with zero attached hydrogens (tertiary/aromatic N) is 1. The Hall–Kier alpha value is -1.95. The molecule has 1 atom stereocenters. The van der Waals surface area contributed by atoms with E-state index in [0.717, 1.165) is 12.0 Å². The average Bonchev–Trinajstić information content (AvgIpc) is 2.90. The number of benzene rings is 1. The standard InChI is InChI=1S/C15H17FN2O2S/c1-3-20-14(19)13-9-21-15(18-13)17-10(2)8-11-4-6-12(16)7-5-11/h4-7,9-10H,3,8H2,1-2H3,(H,17,18). The van der Waals surface area contributed by atoms with Gasteiger partial charge in [0.15, 0.2) is 10.8 Å². The van der Waals surface area contributed by atoms with Crippen LogP contribution in [0.4, 0.5) is 9.52 Å². The van der Waals surface area contributed by atoms with Crippen molar-refractivity contribution in [3.63, 3.8) is 0 Å². The maximum atomic E-state index is 12.8. The minimum absolute atomic E-state index is 0.122. The van der Waals surface area contributed by atoms with Gasteiger partial charge in [0.1, 0.15) is 5.82 Å². The van der Waals surface area contributed by atoms with Crippen LogP contribution < -0.4 is 5.32 Å². The Labute approximate surface area is 127 Å². The van der Waals surface area contributed by atoms with Gasteiger partial charge in [-0.3, -0.25) is 0 Å². The summed E-state index contributed by atoms with van der Waals surface area (Å²) in [5.74, 6) is -0.647. The Morgan fingerprint density at radius 3 is 2.81 bits per heavy atom. The molecular formula is C15H17FN2O2S. The summed E-state index contributed by atoms with van der Waals surface area (Å²) in [5.41, 5.74) is 1.36. The molecule has 1 heterocycles. The maximum Gasteiger partial charge on any atom is 0.357 e. The molecule has 4 nitrogen and oxygen atoms in total. The Balaban J connectivity index is 1.92. The largest absolute Gasteiger partial charge is 0.461 e. The average molecular weight is 308 g/mol. The van der Waals surface area contributed by atoms with Crippen molar-refractivity contribution in [1.29, 1.82) is 0 Å². The molecule has 0 fully saturated rings. The lowest BCUT2D eigenvalue weighted by Gasteiger charge is -2.12. The summed E-state index contributed by atoms with van der Waals surface area (Å²) in [6.07, 6.45) is 0.745. The number of ether oxygens (including phenoxy) is 1. The fourth-order valence-corrected chi connectivity index (χ4v) is 2.67. The molecule has 2 aromatic rings. The molecule has 0 saturated heterocycles. The number of aromatic nitrogens is 1. The number of esters is 1. The third-order valence-corrected chi connectivity index (χ3v) is 3.59. The molecule has 112 valence electrons. The fourth-order valence-electron chi connectivity index (χ4n) is 1.87. The van der Waals surface area contributed by atoms with Crippen LogP contribution >= 0.6 is 11.3 Å². The van der Waals surface area contributed by atoms with Crippen molar-refractivity contribution in [2.24, 2.45) is 0 Å². The van der Waals surface area contributed by atoms with Gasteiger partial charge in [0.2, 0.25) is 0 Å². The molecule has 0 amide bonds. The molecule has 2 rings (SSSR count). The van der Waals surface area contributed by atoms with Crippen LogP contribution in [0.15, 0.2) is 29.6 Å². The Bertz CT molecular complexity index is 598. The first-order valence-corrected chi connectivity index (χ1v) is 7.60. The second kappa shape index (κ2) is 7.17. The lowest BCUT2D eigenvalue weighted by molar-refractivity contribution is 0.0520. The Kier molecular flexibility index (Phi) is 5.27. The van der Waals surface area contributed by atoms with Crippen LogP contribution in [0.25, 0.3) is 0 Å². The summed E-state index contributed by atoms with van der Waals surface area (Å²) in [6, 6.07) is 6.55. The van der Waals surface area contributed by atoms with Crippen molar-refractivity contribution in [3.8, 4) is 0 Å². The zero-order valence-electron chi connectivity index (χ0n) is 11.9. The molecule has 0 saturated carbocycles. The van der Waals surface area contributed by atoms with Gasteiger partial charge in [0.05, 0.1) is 6.61 Å². The smallest absolute Gasteiger partial charge is 0.357 e. The number of rotatable bonds is 6. The zero-order chi connectivity index (χ0) is 15.2. The van der Waals surface area contributed by atoms with Gasteiger partial charge in [-0.15, -0.1) is 11.3 Å². The molecule has 1 N–H and O–H groups in total. The number of hydrogen-bond acceptors (Lipinski definition) is 5. The number of halogens is 1. The topological polar surface area (TPSA) is 51.2 Å². The monoisotopic (exact) mass is 308 g/mol. The molecule has 21 heavy (non-hydrogen) atoms. The van der Waals surface area contributed by atoms with Gasteiger partial charge in [0, 0.05) is 11.4 Å². The number of carbonyl (C=O) groups is 1. The lowest BCUT2D eigenvalue weighted by atomic mass is 10.1. The van der Waals surface area contributed by atoms with Crippen molar-refractivity contribution in [3.05, 3.63) is 46.7 Å². The summed E-state index contributed by atoms with van der Waals surface area (Å²) >= 11 is 1.36. The molecule has 1 aromatic heterocycles. The van der Waals surface area contributed by atoms with Crippen molar-refractivity contribution in [1.82, 2.24) is 4.98 Å². The highest BCUT2D eigenvalue weighted by atomic mass is 32.1. The van der Waals surface area contributed by atoms with Gasteiger partial charge < -0.3 is 10.1 Å². The number of anilines is 1. The number of nitrogens with one attached hydrogen (secondary N) is 1. The molecule has 0 radical (unpaired) electrons. The van der Waals surface area contributed by atoms with E-state index in [1.165, 1.54) is 23.5 Å². The van der Waals surface area contributed by atoms with Gasteiger partial charge >= 0.3 is 5.97 Å². The first-order valence-electron chi connectivity index (χ1n) is 6.72. The van der Waals surface area contributed by atoms with E-state index in [1.807, 2.05) is 6.92 Å².